The van der Waals surface area contributed by atoms with Crippen LogP contribution in [-0.2, 0) is 7.05 Å². The van der Waals surface area contributed by atoms with Gasteiger partial charge < -0.3 is 10.5 Å². The Morgan fingerprint density at radius 3 is 2.73 bits per heavy atom. The maximum Gasteiger partial charge on any atom is 0.141 e. The van der Waals surface area contributed by atoms with Gasteiger partial charge in [0.15, 0.2) is 0 Å². The van der Waals surface area contributed by atoms with Gasteiger partial charge in [-0.3, -0.25) is 0 Å². The summed E-state index contributed by atoms with van der Waals surface area (Å²) in [7, 11) is 3.43. The molecule has 2 N–H and O–H groups in total. The molecule has 0 amide bonds. The van der Waals surface area contributed by atoms with Crippen molar-refractivity contribution in [1.29, 1.82) is 0 Å². The van der Waals surface area contributed by atoms with Crippen LogP contribution in [-0.4, -0.2) is 22.1 Å². The van der Waals surface area contributed by atoms with E-state index < -0.39 is 0 Å². The van der Waals surface area contributed by atoms with Crippen LogP contribution in [0, 0.1) is 0 Å². The number of aryl methyl sites for hydroxylation is 1. The lowest BCUT2D eigenvalue weighted by Crippen LogP contribution is -1.96. The van der Waals surface area contributed by atoms with E-state index in [1.807, 2.05) is 25.2 Å². The Morgan fingerprint density at radius 2 is 2.20 bits per heavy atom. The highest BCUT2D eigenvalue weighted by Gasteiger charge is 2.06. The maximum absolute atomic E-state index is 5.81. The third kappa shape index (κ3) is 1.63. The second-order valence-electron chi connectivity index (χ2n) is 3.20. The smallest absolute Gasteiger partial charge is 0.141 e. The standard InChI is InChI=1S/C10H12N4O/c1-14-9(6-12-13-14)7-3-4-10(15-2)8(11)5-7/h3-6H,11H2,1-2H3. The van der Waals surface area contributed by atoms with Crippen molar-refractivity contribution in [3.05, 3.63) is 24.4 Å². The molecule has 0 spiro atoms. The summed E-state index contributed by atoms with van der Waals surface area (Å²) in [4.78, 5) is 0. The Kier molecular flexibility index (Phi) is 2.29. The van der Waals surface area contributed by atoms with E-state index in [0.29, 0.717) is 11.4 Å². The third-order valence-electron chi connectivity index (χ3n) is 2.24. The van der Waals surface area contributed by atoms with Gasteiger partial charge in [-0.25, -0.2) is 4.68 Å². The molecule has 78 valence electrons. The molecule has 0 saturated heterocycles. The van der Waals surface area contributed by atoms with E-state index >= 15 is 0 Å². The van der Waals surface area contributed by atoms with E-state index in [4.69, 9.17) is 10.5 Å². The third-order valence-corrected chi connectivity index (χ3v) is 2.24. The average Bonchev–Trinajstić information content (AvgIpc) is 2.64. The molecule has 2 rings (SSSR count). The lowest BCUT2D eigenvalue weighted by Gasteiger charge is -2.06. The van der Waals surface area contributed by atoms with Gasteiger partial charge >= 0.3 is 0 Å². The predicted octanol–water partition coefficient (Wildman–Crippen LogP) is 1.07. The summed E-state index contributed by atoms with van der Waals surface area (Å²) in [6.07, 6.45) is 1.70. The lowest BCUT2D eigenvalue weighted by atomic mass is 10.1. The SMILES string of the molecule is COc1ccc(-c2cnnn2C)cc1N. The van der Waals surface area contributed by atoms with E-state index in [2.05, 4.69) is 10.3 Å². The van der Waals surface area contributed by atoms with Crippen LogP contribution in [0.25, 0.3) is 11.3 Å². The van der Waals surface area contributed by atoms with Crippen LogP contribution in [0.5, 0.6) is 5.75 Å². The molecule has 1 heterocycles. The number of nitrogens with two attached hydrogens (primary N) is 1. The first-order chi connectivity index (χ1) is 7.22. The summed E-state index contributed by atoms with van der Waals surface area (Å²) >= 11 is 0. The summed E-state index contributed by atoms with van der Waals surface area (Å²) < 4.78 is 6.78. The molecule has 0 unspecified atom stereocenters. The topological polar surface area (TPSA) is 66.0 Å². The van der Waals surface area contributed by atoms with Gasteiger partial charge in [-0.05, 0) is 18.2 Å². The van der Waals surface area contributed by atoms with Gasteiger partial charge in [0.05, 0.1) is 24.7 Å². The zero-order chi connectivity index (χ0) is 10.8. The molecule has 0 saturated carbocycles. The number of ether oxygens (including phenoxy) is 1. The first-order valence-electron chi connectivity index (χ1n) is 4.51. The minimum atomic E-state index is 0.608. The molecule has 5 heteroatoms. The minimum absolute atomic E-state index is 0.608. The number of benzene rings is 1. The van der Waals surface area contributed by atoms with Crippen LogP contribution in [0.4, 0.5) is 5.69 Å². The van der Waals surface area contributed by atoms with Gasteiger partial charge in [-0.2, -0.15) is 0 Å². The number of nitrogen functional groups attached to an aromatic ring is 1. The van der Waals surface area contributed by atoms with Crippen molar-refractivity contribution in [1.82, 2.24) is 15.0 Å². The van der Waals surface area contributed by atoms with Gasteiger partial charge in [0, 0.05) is 12.6 Å². The zero-order valence-electron chi connectivity index (χ0n) is 8.64. The Bertz CT molecular complexity index is 478. The highest BCUT2D eigenvalue weighted by atomic mass is 16.5. The Hall–Kier alpha value is -2.04. The first-order valence-corrected chi connectivity index (χ1v) is 4.51. The molecular formula is C10H12N4O. The highest BCUT2D eigenvalue weighted by Crippen LogP contribution is 2.27. The minimum Gasteiger partial charge on any atom is -0.495 e. The number of hydrogen-bond acceptors (Lipinski definition) is 4. The molecule has 2 aromatic rings. The molecule has 1 aromatic carbocycles. The van der Waals surface area contributed by atoms with Gasteiger partial charge in [-0.1, -0.05) is 5.21 Å². The average molecular weight is 204 g/mol. The monoisotopic (exact) mass is 204 g/mol. The van der Waals surface area contributed by atoms with Gasteiger partial charge in [0.2, 0.25) is 0 Å². The van der Waals surface area contributed by atoms with Crippen LogP contribution in [0.3, 0.4) is 0 Å². The summed E-state index contributed by atoms with van der Waals surface area (Å²) in [6, 6.07) is 5.60. The van der Waals surface area contributed by atoms with Crippen molar-refractivity contribution >= 4 is 5.69 Å². The lowest BCUT2D eigenvalue weighted by molar-refractivity contribution is 0.417. The largest absolute Gasteiger partial charge is 0.495 e. The number of anilines is 1. The van der Waals surface area contributed by atoms with E-state index in [0.717, 1.165) is 11.3 Å². The zero-order valence-corrected chi connectivity index (χ0v) is 8.64. The van der Waals surface area contributed by atoms with Crippen molar-refractivity contribution in [2.24, 2.45) is 7.05 Å². The predicted molar refractivity (Wildman–Crippen MR) is 57.4 cm³/mol. The Morgan fingerprint density at radius 1 is 1.40 bits per heavy atom. The Balaban J connectivity index is 2.47. The van der Waals surface area contributed by atoms with E-state index in [1.54, 1.807) is 18.0 Å². The Labute approximate surface area is 87.5 Å². The van der Waals surface area contributed by atoms with Crippen LogP contribution in [0.2, 0.25) is 0 Å². The van der Waals surface area contributed by atoms with E-state index in [9.17, 15) is 0 Å². The molecule has 0 aliphatic carbocycles. The molecule has 0 fully saturated rings. The maximum atomic E-state index is 5.81. The van der Waals surface area contributed by atoms with Crippen molar-refractivity contribution < 1.29 is 4.74 Å². The fourth-order valence-electron chi connectivity index (χ4n) is 1.44. The highest BCUT2D eigenvalue weighted by molar-refractivity contribution is 5.67. The van der Waals surface area contributed by atoms with Crippen molar-refractivity contribution in [3.8, 4) is 17.0 Å². The second kappa shape index (κ2) is 3.61. The normalized spacial score (nSPS) is 10.3. The quantitative estimate of drug-likeness (QED) is 0.743. The van der Waals surface area contributed by atoms with Gasteiger partial charge in [0.25, 0.3) is 0 Å². The number of rotatable bonds is 2. The molecular weight excluding hydrogens is 192 g/mol. The molecule has 5 nitrogen and oxygen atoms in total. The molecule has 0 atom stereocenters. The van der Waals surface area contributed by atoms with Crippen molar-refractivity contribution in [3.63, 3.8) is 0 Å². The van der Waals surface area contributed by atoms with Crippen LogP contribution < -0.4 is 10.5 Å². The molecule has 0 aliphatic rings. The number of hydrogen-bond donors (Lipinski definition) is 1. The van der Waals surface area contributed by atoms with Crippen LogP contribution in [0.1, 0.15) is 0 Å². The molecule has 0 radical (unpaired) electrons. The van der Waals surface area contributed by atoms with Crippen molar-refractivity contribution in [2.75, 3.05) is 12.8 Å². The van der Waals surface area contributed by atoms with E-state index in [-0.39, 0.29) is 0 Å². The van der Waals surface area contributed by atoms with Crippen LogP contribution in [0.15, 0.2) is 24.4 Å². The molecule has 15 heavy (non-hydrogen) atoms. The first kappa shape index (κ1) is 9.51. The molecule has 0 aliphatic heterocycles. The summed E-state index contributed by atoms with van der Waals surface area (Å²) in [6.45, 7) is 0. The van der Waals surface area contributed by atoms with Gasteiger partial charge in [-0.15, -0.1) is 5.10 Å². The summed E-state index contributed by atoms with van der Waals surface area (Å²) in [5, 5.41) is 7.67. The molecule has 1 aromatic heterocycles. The van der Waals surface area contributed by atoms with Crippen molar-refractivity contribution in [2.45, 2.75) is 0 Å². The van der Waals surface area contributed by atoms with Crippen LogP contribution >= 0.6 is 0 Å². The molecule has 0 bridgehead atoms. The number of aromatic nitrogens is 3. The van der Waals surface area contributed by atoms with Gasteiger partial charge in [0.1, 0.15) is 5.75 Å². The fourth-order valence-corrected chi connectivity index (χ4v) is 1.44. The number of methoxy groups -OCH3 is 1. The summed E-state index contributed by atoms with van der Waals surface area (Å²) in [5.41, 5.74) is 8.31. The van der Waals surface area contributed by atoms with E-state index in [1.165, 1.54) is 0 Å². The summed E-state index contributed by atoms with van der Waals surface area (Å²) in [5.74, 6) is 0.675. The fraction of sp³-hybridized carbons (Fsp3) is 0.200. The number of nitrogens with zero attached hydrogens (tertiary/aromatic N) is 3. The second-order valence-corrected chi connectivity index (χ2v) is 3.20.